The van der Waals surface area contributed by atoms with Crippen molar-refractivity contribution >= 4 is 65.0 Å². The van der Waals surface area contributed by atoms with Crippen LogP contribution in [0.1, 0.15) is 186 Å². The van der Waals surface area contributed by atoms with Crippen molar-refractivity contribution in [2.75, 3.05) is 6.54 Å². The van der Waals surface area contributed by atoms with E-state index in [0.717, 1.165) is 12.8 Å². The molecule has 464 valence electrons. The zero-order valence-electron chi connectivity index (χ0n) is 50.9. The van der Waals surface area contributed by atoms with E-state index in [9.17, 15) is 65.9 Å². The highest BCUT2D eigenvalue weighted by molar-refractivity contribution is 6.38. The average Bonchev–Trinajstić information content (AvgIpc) is 3.32. The summed E-state index contributed by atoms with van der Waals surface area (Å²) in [5.41, 5.74) is -2.83. The minimum atomic E-state index is -5.01. The number of alkyl halides is 3. The van der Waals surface area contributed by atoms with Crippen LogP contribution in [0.3, 0.4) is 0 Å². The van der Waals surface area contributed by atoms with Gasteiger partial charge in [0, 0.05) is 25.8 Å². The standard InChI is InChI=1S/C58H92F3N7O14/c1-17-18-19-22-29-62-52(78)46(73)41(33-58(59,60)61)67-49(75)38(30-34(2)3)66-53(79)47(54(5,6)7)68-51(77)39(31-36-24-21-20-23-35(36)4)65-48(74)37(25-27-43(70)80-55(8,9)10)64-50(76)40(32-45(72)82-57(14,15)16)63-42(69)26-28-44(71)81-56(11,12)13/h20-21,23-24,34,37-41,47H,17-19,22,25-33H2,1-16H3,(H,62,78)(H,63,69)(H,64,76)(H,65,74)(H,66,79)(H,67,75)(H,68,77)/t37-,38-,39-,40-,41?,47+/m0/s1. The largest absolute Gasteiger partial charge is 0.460 e. The smallest absolute Gasteiger partial charge is 0.391 e. The molecule has 0 heterocycles. The molecule has 1 aromatic rings. The van der Waals surface area contributed by atoms with Gasteiger partial charge in [0.15, 0.2) is 0 Å². The van der Waals surface area contributed by atoms with E-state index >= 15 is 0 Å². The molecule has 0 aromatic heterocycles. The summed E-state index contributed by atoms with van der Waals surface area (Å²) in [6, 6.07) is -3.63. The van der Waals surface area contributed by atoms with E-state index in [1.54, 1.807) is 128 Å². The number of ether oxygens (including phenoxy) is 3. The molecular weight excluding hydrogens is 1080 g/mol. The number of benzene rings is 1. The van der Waals surface area contributed by atoms with Crippen LogP contribution in [-0.2, 0) is 73.4 Å². The van der Waals surface area contributed by atoms with Gasteiger partial charge in [-0.2, -0.15) is 13.2 Å². The Labute approximate surface area is 481 Å². The first-order valence-electron chi connectivity index (χ1n) is 27.9. The highest BCUT2D eigenvalue weighted by Gasteiger charge is 2.42. The molecule has 1 aromatic carbocycles. The normalized spacial score (nSPS) is 14.3. The van der Waals surface area contributed by atoms with Crippen molar-refractivity contribution in [1.29, 1.82) is 0 Å². The number of esters is 3. The van der Waals surface area contributed by atoms with Crippen molar-refractivity contribution in [1.82, 2.24) is 37.2 Å². The number of amides is 7. The monoisotopic (exact) mass is 1170 g/mol. The molecule has 0 bridgehead atoms. The maximum absolute atomic E-state index is 14.8. The molecule has 0 fully saturated rings. The van der Waals surface area contributed by atoms with Gasteiger partial charge < -0.3 is 51.4 Å². The van der Waals surface area contributed by atoms with Crippen LogP contribution in [0.15, 0.2) is 24.3 Å². The molecule has 0 radical (unpaired) electrons. The van der Waals surface area contributed by atoms with Crippen LogP contribution >= 0.6 is 0 Å². The van der Waals surface area contributed by atoms with Gasteiger partial charge in [-0.1, -0.05) is 85.1 Å². The molecule has 1 rings (SSSR count). The van der Waals surface area contributed by atoms with Gasteiger partial charge in [-0.15, -0.1) is 0 Å². The number of carbonyl (C=O) groups is 11. The highest BCUT2D eigenvalue weighted by atomic mass is 19.4. The van der Waals surface area contributed by atoms with Crippen molar-refractivity contribution in [3.8, 4) is 0 Å². The third kappa shape index (κ3) is 31.0. The molecule has 7 amide bonds. The third-order valence-corrected chi connectivity index (χ3v) is 11.8. The molecule has 1 unspecified atom stereocenters. The predicted molar refractivity (Wildman–Crippen MR) is 299 cm³/mol. The first-order valence-corrected chi connectivity index (χ1v) is 27.9. The van der Waals surface area contributed by atoms with E-state index in [1.165, 1.54) is 0 Å². The van der Waals surface area contributed by atoms with E-state index in [0.29, 0.717) is 24.0 Å². The summed E-state index contributed by atoms with van der Waals surface area (Å²) in [5.74, 6) is -11.8. The van der Waals surface area contributed by atoms with E-state index in [-0.39, 0.29) is 25.3 Å². The molecule has 0 spiro atoms. The highest BCUT2D eigenvalue weighted by Crippen LogP contribution is 2.24. The SMILES string of the molecule is CCCCCCNC(=O)C(=O)C(CC(F)(F)F)NC(=O)[C@H](CC(C)C)NC(=O)[C@@H](NC(=O)[C@H](Cc1ccccc1C)NC(=O)[C@H](CCC(=O)OC(C)(C)C)NC(=O)[C@H](CC(=O)OC(C)(C)C)NC(=O)CCC(=O)OC(C)(C)C)C(C)(C)C. The topological polar surface area (TPSA) is 300 Å². The van der Waals surface area contributed by atoms with Gasteiger partial charge >= 0.3 is 24.1 Å². The molecule has 6 atom stereocenters. The molecule has 0 aliphatic heterocycles. The summed E-state index contributed by atoms with van der Waals surface area (Å²) < 4.78 is 57.8. The molecule has 7 N–H and O–H groups in total. The average molecular weight is 1170 g/mol. The van der Waals surface area contributed by atoms with Crippen LogP contribution in [0.2, 0.25) is 0 Å². The van der Waals surface area contributed by atoms with Gasteiger partial charge in [0.1, 0.15) is 53.1 Å². The van der Waals surface area contributed by atoms with Crippen LogP contribution in [-0.4, -0.2) is 131 Å². The lowest BCUT2D eigenvalue weighted by Crippen LogP contribution is -2.62. The van der Waals surface area contributed by atoms with Gasteiger partial charge in [0.25, 0.3) is 5.91 Å². The molecule has 21 nitrogen and oxygen atoms in total. The van der Waals surface area contributed by atoms with Gasteiger partial charge in [0.2, 0.25) is 41.2 Å². The summed E-state index contributed by atoms with van der Waals surface area (Å²) in [6.45, 7) is 26.2. The second kappa shape index (κ2) is 32.9. The Morgan fingerprint density at radius 2 is 1.02 bits per heavy atom. The minimum absolute atomic E-state index is 0.0175. The summed E-state index contributed by atoms with van der Waals surface area (Å²) >= 11 is 0. The van der Waals surface area contributed by atoms with Gasteiger partial charge in [-0.3, -0.25) is 52.7 Å². The van der Waals surface area contributed by atoms with Gasteiger partial charge in [0.05, 0.1) is 19.3 Å². The summed E-state index contributed by atoms with van der Waals surface area (Å²) in [4.78, 5) is 150. The number of nitrogens with one attached hydrogen (secondary N) is 7. The number of unbranched alkanes of at least 4 members (excludes halogenated alkanes) is 3. The maximum Gasteiger partial charge on any atom is 0.391 e. The summed E-state index contributed by atoms with van der Waals surface area (Å²) in [7, 11) is 0. The minimum Gasteiger partial charge on any atom is -0.460 e. The lowest BCUT2D eigenvalue weighted by atomic mass is 9.85. The van der Waals surface area contributed by atoms with Crippen LogP contribution in [0.25, 0.3) is 0 Å². The molecule has 0 saturated carbocycles. The van der Waals surface area contributed by atoms with Crippen LogP contribution in [0.5, 0.6) is 0 Å². The van der Waals surface area contributed by atoms with E-state index in [2.05, 4.69) is 31.9 Å². The fourth-order valence-electron chi connectivity index (χ4n) is 7.96. The zero-order chi connectivity index (χ0) is 63.1. The quantitative estimate of drug-likeness (QED) is 0.0202. The second-order valence-electron chi connectivity index (χ2n) is 24.9. The van der Waals surface area contributed by atoms with Crippen molar-refractivity contribution in [2.24, 2.45) is 11.3 Å². The number of ketones is 1. The Balaban J connectivity index is 3.81. The number of rotatable bonds is 31. The van der Waals surface area contributed by atoms with Gasteiger partial charge in [-0.25, -0.2) is 0 Å². The molecular formula is C58H92F3N7O14. The Morgan fingerprint density at radius 1 is 0.537 bits per heavy atom. The lowest BCUT2D eigenvalue weighted by molar-refractivity contribution is -0.158. The van der Waals surface area contributed by atoms with Crippen molar-refractivity contribution in [2.45, 2.75) is 247 Å². The number of Topliss-reactive ketones (excluding diaryl/α,β-unsaturated/α-hetero) is 1. The number of hydrogen-bond acceptors (Lipinski definition) is 14. The first-order chi connectivity index (χ1) is 37.5. The van der Waals surface area contributed by atoms with E-state index in [4.69, 9.17) is 14.2 Å². The van der Waals surface area contributed by atoms with Crippen LogP contribution in [0.4, 0.5) is 13.2 Å². The predicted octanol–water partition coefficient (Wildman–Crippen LogP) is 5.73. The number of halogens is 3. The Morgan fingerprint density at radius 3 is 1.55 bits per heavy atom. The zero-order valence-corrected chi connectivity index (χ0v) is 50.9. The Kier molecular flexibility index (Phi) is 29.4. The fraction of sp³-hybridized carbons (Fsp3) is 0.707. The Bertz CT molecular complexity index is 2370. The first kappa shape index (κ1) is 73.4. The second-order valence-corrected chi connectivity index (χ2v) is 24.9. The Hall–Kier alpha value is -6.62. The summed E-state index contributed by atoms with van der Waals surface area (Å²) in [5, 5.41) is 17.1. The maximum atomic E-state index is 14.8. The lowest BCUT2D eigenvalue weighted by Gasteiger charge is -2.34. The van der Waals surface area contributed by atoms with Crippen molar-refractivity contribution < 1.29 is 80.1 Å². The molecule has 0 saturated heterocycles. The number of carbonyl (C=O) groups excluding carboxylic acids is 11. The van der Waals surface area contributed by atoms with Gasteiger partial charge in [-0.05, 0) is 111 Å². The summed E-state index contributed by atoms with van der Waals surface area (Å²) in [6.07, 6.45) is -6.97. The molecule has 24 heteroatoms. The van der Waals surface area contributed by atoms with Crippen molar-refractivity contribution in [3.63, 3.8) is 0 Å². The van der Waals surface area contributed by atoms with E-state index < -0.39 is 168 Å². The fourth-order valence-corrected chi connectivity index (χ4v) is 7.96. The van der Waals surface area contributed by atoms with Crippen molar-refractivity contribution in [3.05, 3.63) is 35.4 Å². The molecule has 0 aliphatic rings. The molecule has 0 aliphatic carbocycles. The molecule has 82 heavy (non-hydrogen) atoms. The van der Waals surface area contributed by atoms with E-state index in [1.807, 2.05) is 12.2 Å². The number of hydrogen-bond donors (Lipinski definition) is 7. The van der Waals surface area contributed by atoms with Crippen LogP contribution < -0.4 is 37.2 Å². The number of aryl methyl sites for hydroxylation is 1. The third-order valence-electron chi connectivity index (χ3n) is 11.8. The van der Waals surface area contributed by atoms with Crippen LogP contribution in [0, 0.1) is 18.3 Å².